The molecular weight excluding hydrogens is 326 g/mol. The summed E-state index contributed by atoms with van der Waals surface area (Å²) in [6.45, 7) is 4.43. The minimum Gasteiger partial charge on any atom is -0.337 e. The van der Waals surface area contributed by atoms with Gasteiger partial charge < -0.3 is 4.52 Å². The molecule has 2 aliphatic heterocycles. The molecule has 2 aromatic rings. The van der Waals surface area contributed by atoms with Gasteiger partial charge in [-0.25, -0.2) is 4.39 Å². The molecule has 0 N–H and O–H groups in total. The summed E-state index contributed by atoms with van der Waals surface area (Å²) in [7, 11) is 0. The van der Waals surface area contributed by atoms with E-state index in [1.54, 1.807) is 0 Å². The van der Waals surface area contributed by atoms with Crippen LogP contribution in [0.1, 0.15) is 31.1 Å². The Kier molecular flexibility index (Phi) is 3.39. The van der Waals surface area contributed by atoms with Gasteiger partial charge in [-0.05, 0) is 30.2 Å². The molecule has 0 spiro atoms. The second-order valence-corrected chi connectivity index (χ2v) is 10.7. The van der Waals surface area contributed by atoms with Crippen LogP contribution in [0.2, 0.25) is 0 Å². The molecule has 1 saturated heterocycles. The van der Waals surface area contributed by atoms with E-state index in [2.05, 4.69) is 26.0 Å². The summed E-state index contributed by atoms with van der Waals surface area (Å²) in [4.78, 5) is 0. The lowest BCUT2D eigenvalue weighted by Gasteiger charge is -2.34. The van der Waals surface area contributed by atoms with Crippen LogP contribution >= 0.6 is 6.26 Å². The van der Waals surface area contributed by atoms with Gasteiger partial charge in [-0.15, -0.1) is 0 Å². The summed E-state index contributed by atoms with van der Waals surface area (Å²) in [5.74, 6) is -0.220. The molecular formula is C19H18FOPS. The summed E-state index contributed by atoms with van der Waals surface area (Å²) >= 11 is 6.02. The monoisotopic (exact) mass is 344 g/mol. The first-order valence-electron chi connectivity index (χ1n) is 7.74. The van der Waals surface area contributed by atoms with Crippen LogP contribution < -0.4 is 0 Å². The van der Waals surface area contributed by atoms with Crippen LogP contribution in [0.25, 0.3) is 5.31 Å². The molecule has 2 aromatic carbocycles. The molecule has 4 rings (SSSR count). The largest absolute Gasteiger partial charge is 0.337 e. The van der Waals surface area contributed by atoms with Crippen LogP contribution in [0.5, 0.6) is 0 Å². The topological polar surface area (TPSA) is 9.23 Å². The maximum atomic E-state index is 13.2. The Bertz CT molecular complexity index is 843. The number of benzene rings is 2. The van der Waals surface area contributed by atoms with Gasteiger partial charge >= 0.3 is 0 Å². The molecule has 0 radical (unpaired) electrons. The third kappa shape index (κ3) is 2.18. The van der Waals surface area contributed by atoms with Crippen molar-refractivity contribution in [2.75, 3.05) is 6.16 Å². The van der Waals surface area contributed by atoms with Crippen molar-refractivity contribution in [1.29, 1.82) is 0 Å². The highest BCUT2D eigenvalue weighted by Crippen LogP contribution is 2.80. The summed E-state index contributed by atoms with van der Waals surface area (Å²) < 4.78 is 19.7. The summed E-state index contributed by atoms with van der Waals surface area (Å²) in [6, 6.07) is 17.0. The second-order valence-electron chi connectivity index (χ2n) is 6.63. The molecule has 3 atom stereocenters. The highest BCUT2D eigenvalue weighted by atomic mass is 32.4. The molecule has 3 unspecified atom stereocenters. The van der Waals surface area contributed by atoms with Crippen LogP contribution in [0, 0.1) is 11.2 Å². The molecule has 2 heterocycles. The molecule has 0 aliphatic carbocycles. The first-order valence-corrected chi connectivity index (χ1v) is 10.6. The third-order valence-electron chi connectivity index (χ3n) is 5.16. The highest BCUT2D eigenvalue weighted by Gasteiger charge is 2.58. The zero-order valence-electron chi connectivity index (χ0n) is 13.1. The van der Waals surface area contributed by atoms with Gasteiger partial charge in [-0.3, -0.25) is 0 Å². The summed E-state index contributed by atoms with van der Waals surface area (Å²) in [6.07, 6.45) is -1.22. The lowest BCUT2D eigenvalue weighted by Crippen LogP contribution is -2.25. The molecule has 1 fully saturated rings. The van der Waals surface area contributed by atoms with E-state index in [4.69, 9.17) is 16.3 Å². The fraction of sp³-hybridized carbons (Fsp3) is 0.263. The Morgan fingerprint density at radius 1 is 1.13 bits per heavy atom. The number of fused-ring (bicyclic) bond motifs is 2. The number of rotatable bonds is 2. The standard InChI is InChI=1S/C19H18FOPS/c1-13-17(14-6-4-3-5-7-14)22(23)12-19(13,2)18(21-22)15-8-10-16(20)11-9-15/h3-11,18H,12H2,1-2H3. The summed E-state index contributed by atoms with van der Waals surface area (Å²) in [5.41, 5.74) is 3.45. The van der Waals surface area contributed by atoms with E-state index < -0.39 is 6.26 Å². The van der Waals surface area contributed by atoms with Crippen molar-refractivity contribution in [1.82, 2.24) is 0 Å². The van der Waals surface area contributed by atoms with Crippen molar-refractivity contribution in [2.24, 2.45) is 5.41 Å². The Morgan fingerprint density at radius 3 is 2.39 bits per heavy atom. The second kappa shape index (κ2) is 5.11. The van der Waals surface area contributed by atoms with Gasteiger partial charge in [0.25, 0.3) is 0 Å². The smallest absolute Gasteiger partial charge is 0.123 e. The number of hydrogen-bond acceptors (Lipinski definition) is 2. The average molecular weight is 344 g/mol. The molecule has 0 saturated carbocycles. The maximum Gasteiger partial charge on any atom is 0.123 e. The van der Waals surface area contributed by atoms with E-state index in [9.17, 15) is 4.39 Å². The van der Waals surface area contributed by atoms with E-state index in [0.717, 1.165) is 11.7 Å². The predicted octanol–water partition coefficient (Wildman–Crippen LogP) is 5.74. The fourth-order valence-corrected chi connectivity index (χ4v) is 9.29. The molecule has 1 nitrogen and oxygen atoms in total. The zero-order valence-corrected chi connectivity index (χ0v) is 14.8. The minimum atomic E-state index is -2.04. The molecule has 2 bridgehead atoms. The van der Waals surface area contributed by atoms with Crippen LogP contribution in [0.15, 0.2) is 60.2 Å². The van der Waals surface area contributed by atoms with Gasteiger partial charge in [0, 0.05) is 16.9 Å². The fourth-order valence-electron chi connectivity index (χ4n) is 3.89. The highest BCUT2D eigenvalue weighted by molar-refractivity contribution is 8.17. The van der Waals surface area contributed by atoms with E-state index in [0.29, 0.717) is 0 Å². The van der Waals surface area contributed by atoms with Crippen molar-refractivity contribution in [3.05, 3.63) is 77.1 Å². The maximum absolute atomic E-state index is 13.2. The van der Waals surface area contributed by atoms with Crippen molar-refractivity contribution >= 4 is 23.4 Å². The van der Waals surface area contributed by atoms with Crippen molar-refractivity contribution < 1.29 is 8.91 Å². The Morgan fingerprint density at radius 2 is 1.78 bits per heavy atom. The van der Waals surface area contributed by atoms with E-state index in [1.807, 2.05) is 30.3 Å². The lowest BCUT2D eigenvalue weighted by atomic mass is 9.76. The lowest BCUT2D eigenvalue weighted by molar-refractivity contribution is 0.150. The SMILES string of the molecule is CC1=C(c2ccccc2)P2(=S)CC1(C)C(c1ccc(F)cc1)O2. The average Bonchev–Trinajstić information content (AvgIpc) is 2.92. The normalized spacial score (nSPS) is 32.6. The van der Waals surface area contributed by atoms with Crippen molar-refractivity contribution in [3.8, 4) is 0 Å². The van der Waals surface area contributed by atoms with Crippen LogP contribution in [0.4, 0.5) is 4.39 Å². The Hall–Kier alpha value is -1.28. The van der Waals surface area contributed by atoms with Gasteiger partial charge in [0.1, 0.15) is 5.82 Å². The first kappa shape index (κ1) is 15.3. The van der Waals surface area contributed by atoms with Gasteiger partial charge in [-0.1, -0.05) is 66.8 Å². The molecule has 2 aliphatic rings. The van der Waals surface area contributed by atoms with Gasteiger partial charge in [0.2, 0.25) is 0 Å². The van der Waals surface area contributed by atoms with E-state index >= 15 is 0 Å². The Labute approximate surface area is 141 Å². The van der Waals surface area contributed by atoms with Crippen LogP contribution in [-0.4, -0.2) is 6.16 Å². The van der Waals surface area contributed by atoms with Gasteiger partial charge in [0.15, 0.2) is 0 Å². The van der Waals surface area contributed by atoms with Crippen LogP contribution in [-0.2, 0) is 16.3 Å². The Balaban J connectivity index is 1.83. The van der Waals surface area contributed by atoms with Gasteiger partial charge in [0.05, 0.1) is 12.4 Å². The van der Waals surface area contributed by atoms with Crippen molar-refractivity contribution in [3.63, 3.8) is 0 Å². The predicted molar refractivity (Wildman–Crippen MR) is 96.5 cm³/mol. The molecule has 118 valence electrons. The molecule has 0 amide bonds. The van der Waals surface area contributed by atoms with E-state index in [-0.39, 0.29) is 17.3 Å². The minimum absolute atomic E-state index is 0.0682. The quantitative estimate of drug-likeness (QED) is 0.642. The number of halogens is 1. The van der Waals surface area contributed by atoms with Crippen molar-refractivity contribution in [2.45, 2.75) is 20.0 Å². The third-order valence-corrected chi connectivity index (χ3v) is 9.26. The molecule has 4 heteroatoms. The number of hydrogen-bond donors (Lipinski definition) is 0. The zero-order chi connectivity index (χ0) is 16.2. The van der Waals surface area contributed by atoms with Gasteiger partial charge in [-0.2, -0.15) is 0 Å². The first-order chi connectivity index (χ1) is 10.9. The molecule has 23 heavy (non-hydrogen) atoms. The summed E-state index contributed by atoms with van der Waals surface area (Å²) in [5, 5.41) is 1.24. The molecule has 0 aromatic heterocycles. The van der Waals surface area contributed by atoms with Crippen LogP contribution in [0.3, 0.4) is 0 Å². The van der Waals surface area contributed by atoms with E-state index in [1.165, 1.54) is 28.6 Å².